The fourth-order valence-corrected chi connectivity index (χ4v) is 2.88. The number of hydrogen-bond acceptors (Lipinski definition) is 2. The standard InChI is InChI=1S/C19H13F3N2/c20-19(21,22)18-10-13(24)8-9-16(18)17(11-23)15-7-3-5-12-4-1-2-6-14(12)15/h1-10,17H,24H2. The zero-order valence-corrected chi connectivity index (χ0v) is 12.5. The molecule has 0 amide bonds. The zero-order valence-electron chi connectivity index (χ0n) is 12.5. The summed E-state index contributed by atoms with van der Waals surface area (Å²) in [4.78, 5) is 0. The van der Waals surface area contributed by atoms with Crippen molar-refractivity contribution in [2.24, 2.45) is 0 Å². The van der Waals surface area contributed by atoms with E-state index in [-0.39, 0.29) is 11.3 Å². The summed E-state index contributed by atoms with van der Waals surface area (Å²) in [6.45, 7) is 0. The highest BCUT2D eigenvalue weighted by Gasteiger charge is 2.36. The maximum absolute atomic E-state index is 13.4. The van der Waals surface area contributed by atoms with Gasteiger partial charge < -0.3 is 5.73 Å². The number of nitriles is 1. The Kier molecular flexibility index (Phi) is 3.90. The van der Waals surface area contributed by atoms with Gasteiger partial charge in [-0.3, -0.25) is 0 Å². The predicted octanol–water partition coefficient (Wildman–Crippen LogP) is 5.10. The molecule has 1 atom stereocenters. The molecule has 0 fully saturated rings. The average Bonchev–Trinajstić information content (AvgIpc) is 2.56. The molecule has 2 N–H and O–H groups in total. The fourth-order valence-electron chi connectivity index (χ4n) is 2.88. The SMILES string of the molecule is N#CC(c1ccc(N)cc1C(F)(F)F)c1cccc2ccccc12. The molecule has 0 aromatic heterocycles. The molecule has 0 spiro atoms. The van der Waals surface area contributed by atoms with Crippen LogP contribution in [0, 0.1) is 11.3 Å². The maximum Gasteiger partial charge on any atom is 0.416 e. The van der Waals surface area contributed by atoms with E-state index in [4.69, 9.17) is 5.73 Å². The molecule has 0 aliphatic heterocycles. The lowest BCUT2D eigenvalue weighted by Crippen LogP contribution is -2.13. The summed E-state index contributed by atoms with van der Waals surface area (Å²) in [7, 11) is 0. The quantitative estimate of drug-likeness (QED) is 0.666. The minimum Gasteiger partial charge on any atom is -0.399 e. The number of halogens is 3. The van der Waals surface area contributed by atoms with Crippen LogP contribution in [-0.4, -0.2) is 0 Å². The molecule has 3 aromatic carbocycles. The van der Waals surface area contributed by atoms with Crippen molar-refractivity contribution < 1.29 is 13.2 Å². The first-order valence-electron chi connectivity index (χ1n) is 7.25. The lowest BCUT2D eigenvalue weighted by Gasteiger charge is -2.19. The highest BCUT2D eigenvalue weighted by molar-refractivity contribution is 5.87. The van der Waals surface area contributed by atoms with Crippen molar-refractivity contribution >= 4 is 16.5 Å². The monoisotopic (exact) mass is 326 g/mol. The first-order valence-corrected chi connectivity index (χ1v) is 7.25. The molecule has 0 saturated heterocycles. The van der Waals surface area contributed by atoms with E-state index in [1.165, 1.54) is 12.1 Å². The topological polar surface area (TPSA) is 49.8 Å². The van der Waals surface area contributed by atoms with E-state index in [0.717, 1.165) is 16.8 Å². The van der Waals surface area contributed by atoms with Crippen LogP contribution in [0.1, 0.15) is 22.6 Å². The van der Waals surface area contributed by atoms with Crippen LogP contribution in [0.25, 0.3) is 10.8 Å². The number of hydrogen-bond donors (Lipinski definition) is 1. The summed E-state index contributed by atoms with van der Waals surface area (Å²) >= 11 is 0. The largest absolute Gasteiger partial charge is 0.416 e. The maximum atomic E-state index is 13.4. The molecular formula is C19H13F3N2. The summed E-state index contributed by atoms with van der Waals surface area (Å²) < 4.78 is 40.2. The van der Waals surface area contributed by atoms with Gasteiger partial charge in [0, 0.05) is 5.69 Å². The number of anilines is 1. The predicted molar refractivity (Wildman–Crippen MR) is 87.3 cm³/mol. The Hall–Kier alpha value is -3.00. The summed E-state index contributed by atoms with van der Waals surface area (Å²) in [5, 5.41) is 11.2. The molecule has 0 radical (unpaired) electrons. The average molecular weight is 326 g/mol. The molecule has 2 nitrogen and oxygen atoms in total. The lowest BCUT2D eigenvalue weighted by molar-refractivity contribution is -0.138. The Balaban J connectivity index is 2.26. The van der Waals surface area contributed by atoms with Gasteiger partial charge in [-0.25, -0.2) is 0 Å². The Bertz CT molecular complexity index is 934. The number of nitrogens with two attached hydrogens (primary N) is 1. The summed E-state index contributed by atoms with van der Waals surface area (Å²) in [6, 6.07) is 18.2. The van der Waals surface area contributed by atoms with Gasteiger partial charge in [0.15, 0.2) is 0 Å². The van der Waals surface area contributed by atoms with Crippen LogP contribution < -0.4 is 5.73 Å². The third kappa shape index (κ3) is 2.79. The van der Waals surface area contributed by atoms with Crippen LogP contribution in [0.3, 0.4) is 0 Å². The van der Waals surface area contributed by atoms with Gasteiger partial charge in [-0.05, 0) is 34.0 Å². The van der Waals surface area contributed by atoms with Crippen molar-refractivity contribution in [1.82, 2.24) is 0 Å². The van der Waals surface area contributed by atoms with Crippen molar-refractivity contribution in [2.45, 2.75) is 12.1 Å². The Morgan fingerprint density at radius 1 is 0.917 bits per heavy atom. The number of nitrogen functional groups attached to an aromatic ring is 1. The number of benzene rings is 3. The van der Waals surface area contributed by atoms with Gasteiger partial charge in [-0.15, -0.1) is 0 Å². The smallest absolute Gasteiger partial charge is 0.399 e. The first kappa shape index (κ1) is 15.9. The van der Waals surface area contributed by atoms with Crippen LogP contribution in [-0.2, 0) is 6.18 Å². The molecule has 0 aliphatic carbocycles. The molecule has 0 saturated carbocycles. The minimum absolute atomic E-state index is 0.0145. The molecule has 3 rings (SSSR count). The van der Waals surface area contributed by atoms with Gasteiger partial charge >= 0.3 is 6.18 Å². The Morgan fingerprint density at radius 3 is 2.33 bits per heavy atom. The second-order valence-corrected chi connectivity index (χ2v) is 5.47. The Labute approximate surface area is 136 Å². The molecule has 5 heteroatoms. The molecule has 0 heterocycles. The molecule has 3 aromatic rings. The Morgan fingerprint density at radius 2 is 1.62 bits per heavy atom. The lowest BCUT2D eigenvalue weighted by atomic mass is 9.86. The first-order chi connectivity index (χ1) is 11.4. The van der Waals surface area contributed by atoms with Crippen LogP contribution >= 0.6 is 0 Å². The van der Waals surface area contributed by atoms with E-state index in [2.05, 4.69) is 0 Å². The third-order valence-corrected chi connectivity index (χ3v) is 3.96. The van der Waals surface area contributed by atoms with Gasteiger partial charge in [0.25, 0.3) is 0 Å². The van der Waals surface area contributed by atoms with E-state index in [0.29, 0.717) is 5.56 Å². The van der Waals surface area contributed by atoms with E-state index < -0.39 is 17.7 Å². The number of alkyl halides is 3. The van der Waals surface area contributed by atoms with Crippen LogP contribution in [0.2, 0.25) is 0 Å². The van der Waals surface area contributed by atoms with Crippen LogP contribution in [0.15, 0.2) is 60.7 Å². The highest BCUT2D eigenvalue weighted by Crippen LogP contribution is 2.39. The van der Waals surface area contributed by atoms with Crippen molar-refractivity contribution in [3.8, 4) is 6.07 Å². The van der Waals surface area contributed by atoms with Gasteiger partial charge in [0.05, 0.1) is 17.6 Å². The van der Waals surface area contributed by atoms with Gasteiger partial charge in [0.1, 0.15) is 0 Å². The van der Waals surface area contributed by atoms with Crippen molar-refractivity contribution in [2.75, 3.05) is 5.73 Å². The summed E-state index contributed by atoms with van der Waals surface area (Å²) in [5.74, 6) is -1.03. The summed E-state index contributed by atoms with van der Waals surface area (Å²) in [6.07, 6.45) is -4.58. The minimum atomic E-state index is -4.58. The number of fused-ring (bicyclic) bond motifs is 1. The fraction of sp³-hybridized carbons (Fsp3) is 0.105. The molecule has 0 aliphatic rings. The number of nitrogens with zero attached hydrogens (tertiary/aromatic N) is 1. The van der Waals surface area contributed by atoms with E-state index >= 15 is 0 Å². The number of rotatable bonds is 2. The highest BCUT2D eigenvalue weighted by atomic mass is 19.4. The zero-order chi connectivity index (χ0) is 17.3. The van der Waals surface area contributed by atoms with Gasteiger partial charge in [-0.2, -0.15) is 18.4 Å². The van der Waals surface area contributed by atoms with Crippen molar-refractivity contribution in [3.05, 3.63) is 77.4 Å². The van der Waals surface area contributed by atoms with Crippen LogP contribution in [0.4, 0.5) is 18.9 Å². The third-order valence-electron chi connectivity index (χ3n) is 3.96. The molecule has 120 valence electrons. The van der Waals surface area contributed by atoms with Gasteiger partial charge in [0.2, 0.25) is 0 Å². The van der Waals surface area contributed by atoms with Crippen LogP contribution in [0.5, 0.6) is 0 Å². The second kappa shape index (κ2) is 5.89. The molecular weight excluding hydrogens is 313 g/mol. The van der Waals surface area contributed by atoms with Gasteiger partial charge in [-0.1, -0.05) is 48.5 Å². The second-order valence-electron chi connectivity index (χ2n) is 5.47. The molecule has 24 heavy (non-hydrogen) atoms. The summed E-state index contributed by atoms with van der Waals surface area (Å²) in [5.41, 5.74) is 5.11. The van der Waals surface area contributed by atoms with E-state index in [9.17, 15) is 18.4 Å². The van der Waals surface area contributed by atoms with E-state index in [1.54, 1.807) is 24.3 Å². The van der Waals surface area contributed by atoms with E-state index in [1.807, 2.05) is 24.3 Å². The van der Waals surface area contributed by atoms with Crippen molar-refractivity contribution in [1.29, 1.82) is 5.26 Å². The van der Waals surface area contributed by atoms with Crippen molar-refractivity contribution in [3.63, 3.8) is 0 Å². The molecule has 0 bridgehead atoms. The normalized spacial score (nSPS) is 12.8. The molecule has 1 unspecified atom stereocenters.